The molecule has 0 spiro atoms. The van der Waals surface area contributed by atoms with Gasteiger partial charge in [0.1, 0.15) is 46.0 Å². The first kappa shape index (κ1) is 47.5. The molecule has 0 saturated carbocycles. The molecule has 370 valence electrons. The van der Waals surface area contributed by atoms with E-state index in [2.05, 4.69) is 95.3 Å². The van der Waals surface area contributed by atoms with Gasteiger partial charge in [-0.1, -0.05) is 163 Å². The van der Waals surface area contributed by atoms with Gasteiger partial charge in [0.2, 0.25) is 0 Å². The molecule has 10 aromatic carbocycles. The van der Waals surface area contributed by atoms with Crippen LogP contribution in [-0.4, -0.2) is 0 Å². The van der Waals surface area contributed by atoms with Crippen LogP contribution in [0.15, 0.2) is 146 Å². The first-order valence-electron chi connectivity index (χ1n) is 25.1. The summed E-state index contributed by atoms with van der Waals surface area (Å²) in [6.07, 6.45) is 0. The molecule has 0 N–H and O–H groups in total. The van der Waals surface area contributed by atoms with Crippen LogP contribution in [0.25, 0.3) is 76.5 Å². The number of hydrogen-bond acceptors (Lipinski definition) is 8. The van der Waals surface area contributed by atoms with Gasteiger partial charge in [-0.25, -0.2) is 9.13 Å². The normalized spacial score (nSPS) is 15.4. The van der Waals surface area contributed by atoms with Gasteiger partial charge in [0.05, 0.1) is 0 Å². The largest absolute Gasteiger partial charge is 0.456 e. The summed E-state index contributed by atoms with van der Waals surface area (Å²) in [5.41, 5.74) is 7.44. The maximum Gasteiger partial charge on any atom is 0.419 e. The minimum Gasteiger partial charge on any atom is -0.456 e. The van der Waals surface area contributed by atoms with Gasteiger partial charge in [-0.15, -0.1) is 0 Å². The SMILES string of the molecule is Cc1c(C)c2c3c(C(C)(C)C)c1Oc1ccc4ccccc4c1-c1c(ccc4ccccc14)O[PH](=O)Oc1c(C)c(C)c-2c(c1C(C)(C)C)O[PH](=O)Oc1ccc2ccccc2c1-c1c(ccc2ccccc12)O3. The number of hydrogen-bond donors (Lipinski definition) is 0. The molecule has 74 heavy (non-hydrogen) atoms. The Labute approximate surface area is 432 Å². The van der Waals surface area contributed by atoms with E-state index in [1.165, 1.54) is 0 Å². The molecule has 0 amide bonds. The van der Waals surface area contributed by atoms with Gasteiger partial charge < -0.3 is 27.6 Å². The van der Waals surface area contributed by atoms with Gasteiger partial charge in [0, 0.05) is 44.5 Å². The molecule has 10 heteroatoms. The fraction of sp³-hybridized carbons (Fsp3) is 0.188. The minimum atomic E-state index is -3.48. The van der Waals surface area contributed by atoms with Crippen molar-refractivity contribution in [2.75, 3.05) is 0 Å². The van der Waals surface area contributed by atoms with Crippen molar-refractivity contribution < 1.29 is 36.7 Å². The summed E-state index contributed by atoms with van der Waals surface area (Å²) >= 11 is 0. The maximum absolute atomic E-state index is 15.3. The third kappa shape index (κ3) is 7.64. The van der Waals surface area contributed by atoms with Crippen molar-refractivity contribution >= 4 is 59.6 Å². The Morgan fingerprint density at radius 3 is 1.03 bits per heavy atom. The molecule has 6 bridgehead atoms. The minimum absolute atomic E-state index is 0.270. The number of fused-ring (bicyclic) bond motifs is 9. The van der Waals surface area contributed by atoms with Gasteiger partial charge in [-0.05, 0) is 128 Å². The van der Waals surface area contributed by atoms with E-state index in [-0.39, 0.29) is 5.75 Å². The fourth-order valence-electron chi connectivity index (χ4n) is 11.3. The summed E-state index contributed by atoms with van der Waals surface area (Å²) in [5, 5.41) is 7.51. The molecular weight excluding hydrogens is 959 g/mol. The molecule has 0 radical (unpaired) electrons. The van der Waals surface area contributed by atoms with Crippen LogP contribution in [0.4, 0.5) is 0 Å². The predicted octanol–water partition coefficient (Wildman–Crippen LogP) is 19.0. The average Bonchev–Trinajstić information content (AvgIpc) is 3.36. The Hall–Kier alpha value is -7.50. The molecule has 0 aromatic heterocycles. The first-order chi connectivity index (χ1) is 35.5. The second-order valence-electron chi connectivity index (χ2n) is 21.6. The summed E-state index contributed by atoms with van der Waals surface area (Å²) in [6, 6.07) is 48.6. The second-order valence-corrected chi connectivity index (χ2v) is 23.4. The monoisotopic (exact) mass is 1010 g/mol. The van der Waals surface area contributed by atoms with Crippen LogP contribution in [-0.2, 0) is 20.0 Å². The quantitative estimate of drug-likeness (QED) is 0.139. The van der Waals surface area contributed by atoms with E-state index in [9.17, 15) is 0 Å². The van der Waals surface area contributed by atoms with Crippen LogP contribution >= 0.6 is 16.5 Å². The lowest BCUT2D eigenvalue weighted by Gasteiger charge is -2.34. The summed E-state index contributed by atoms with van der Waals surface area (Å²) in [5.74, 6) is 3.62. The van der Waals surface area contributed by atoms with Crippen LogP contribution in [0, 0.1) is 27.7 Å². The van der Waals surface area contributed by atoms with Gasteiger partial charge in [-0.3, -0.25) is 0 Å². The van der Waals surface area contributed by atoms with Crippen LogP contribution in [0.1, 0.15) is 74.9 Å². The predicted molar refractivity (Wildman–Crippen MR) is 303 cm³/mol. The highest BCUT2D eigenvalue weighted by atomic mass is 31.1. The van der Waals surface area contributed by atoms with Crippen molar-refractivity contribution in [2.24, 2.45) is 0 Å². The summed E-state index contributed by atoms with van der Waals surface area (Å²) in [7, 11) is -6.91. The topological polar surface area (TPSA) is 89.5 Å². The van der Waals surface area contributed by atoms with E-state index in [4.69, 9.17) is 27.6 Å². The average molecular weight is 1020 g/mol. The van der Waals surface area contributed by atoms with Gasteiger partial charge >= 0.3 is 16.5 Å². The Morgan fingerprint density at radius 2 is 0.622 bits per heavy atom. The zero-order valence-electron chi connectivity index (χ0n) is 43.1. The molecule has 0 saturated heterocycles. The van der Waals surface area contributed by atoms with Gasteiger partial charge in [0.15, 0.2) is 0 Å². The molecule has 10 aromatic rings. The van der Waals surface area contributed by atoms with Gasteiger partial charge in [0.25, 0.3) is 0 Å². The Morgan fingerprint density at radius 1 is 0.311 bits per heavy atom. The Balaban J connectivity index is 1.30. The fourth-order valence-corrected chi connectivity index (χ4v) is 12.9. The van der Waals surface area contributed by atoms with Crippen LogP contribution in [0.3, 0.4) is 0 Å². The lowest BCUT2D eigenvalue weighted by molar-refractivity contribution is 0.394. The van der Waals surface area contributed by atoms with Crippen molar-refractivity contribution in [3.05, 3.63) is 179 Å². The van der Waals surface area contributed by atoms with Crippen LogP contribution < -0.4 is 27.6 Å². The highest BCUT2D eigenvalue weighted by Crippen LogP contribution is 2.61. The molecule has 0 aliphatic carbocycles. The van der Waals surface area contributed by atoms with E-state index in [0.717, 1.165) is 82.0 Å². The van der Waals surface area contributed by atoms with Crippen molar-refractivity contribution in [3.8, 4) is 79.4 Å². The second kappa shape index (κ2) is 17.6. The van der Waals surface area contributed by atoms with Crippen molar-refractivity contribution in [3.63, 3.8) is 0 Å². The number of ether oxygens (including phenoxy) is 2. The van der Waals surface area contributed by atoms with E-state index >= 15 is 9.13 Å². The summed E-state index contributed by atoms with van der Waals surface area (Å²) in [4.78, 5) is 0. The van der Waals surface area contributed by atoms with Crippen molar-refractivity contribution in [2.45, 2.75) is 80.1 Å². The van der Waals surface area contributed by atoms with Crippen molar-refractivity contribution in [1.82, 2.24) is 0 Å². The molecular formula is C64H56O8P2. The van der Waals surface area contributed by atoms with Crippen molar-refractivity contribution in [1.29, 1.82) is 0 Å². The maximum atomic E-state index is 15.3. The van der Waals surface area contributed by atoms with E-state index < -0.39 is 27.3 Å². The number of rotatable bonds is 0. The summed E-state index contributed by atoms with van der Waals surface area (Å²) in [6.45, 7) is 20.8. The smallest absolute Gasteiger partial charge is 0.419 e. The van der Waals surface area contributed by atoms with E-state index in [0.29, 0.717) is 68.1 Å². The highest BCUT2D eigenvalue weighted by Gasteiger charge is 2.39. The zero-order chi connectivity index (χ0) is 51.5. The molecule has 2 unspecified atom stereocenters. The summed E-state index contributed by atoms with van der Waals surface area (Å²) < 4.78 is 73.0. The zero-order valence-corrected chi connectivity index (χ0v) is 45.1. The Kier molecular flexibility index (Phi) is 11.3. The first-order valence-corrected chi connectivity index (χ1v) is 27.5. The molecule has 0 fully saturated rings. The third-order valence-corrected chi connectivity index (χ3v) is 16.4. The third-order valence-electron chi connectivity index (χ3n) is 14.9. The lowest BCUT2D eigenvalue weighted by atomic mass is 9.76. The van der Waals surface area contributed by atoms with Crippen LogP contribution in [0.2, 0.25) is 0 Å². The van der Waals surface area contributed by atoms with E-state index in [1.807, 2.05) is 120 Å². The molecule has 4 aliphatic heterocycles. The molecule has 8 nitrogen and oxygen atoms in total. The van der Waals surface area contributed by atoms with Gasteiger partial charge in [-0.2, -0.15) is 0 Å². The molecule has 2 atom stereocenters. The molecule has 4 aliphatic rings. The number of benzene rings is 10. The molecule has 14 rings (SSSR count). The highest BCUT2D eigenvalue weighted by molar-refractivity contribution is 7.34. The molecule has 4 heterocycles. The van der Waals surface area contributed by atoms with E-state index in [1.54, 1.807) is 0 Å². The Bertz CT molecular complexity index is 4090. The standard InChI is InChI=1S/C64H56O8P2/c1-35-37(3)59-57(63(5,6)7)61-51(35)52-36(2)38(4)60(71-73(65)69-49-33-29-41-21-13-17-25-45(41)55(49)53-43-23-15-11-19-39(43)27-31-47(53)67-59)58(64(8,9)10)62(52)72-74(66)70-50-34-30-42-22-14-18-26-46(42)56(50)54-44-24-16-12-20-40(44)28-32-48(54)68-61/h11-34,73-74H,1-10H3. The van der Waals surface area contributed by atoms with Crippen LogP contribution in [0.5, 0.6) is 46.0 Å². The lowest BCUT2D eigenvalue weighted by Crippen LogP contribution is -2.19.